The zero-order valence-corrected chi connectivity index (χ0v) is 8.68. The van der Waals surface area contributed by atoms with Crippen LogP contribution in [-0.2, 0) is 0 Å². The van der Waals surface area contributed by atoms with Crippen LogP contribution in [0.25, 0.3) is 22.1 Å². The summed E-state index contributed by atoms with van der Waals surface area (Å²) >= 11 is 0. The Balaban J connectivity index is 2.28. The number of nitrogen functional groups attached to an aromatic ring is 1. The summed E-state index contributed by atoms with van der Waals surface area (Å²) in [6.45, 7) is 0. The molecular weight excluding hydrogens is 198 g/mol. The fourth-order valence-corrected chi connectivity index (χ4v) is 1.92. The molecule has 78 valence electrons. The standard InChI is InChI=1S/C14H11NO/c15-13-12(10-4-2-1-3-5-10)7-6-11-8-9-16-14(11)13/h1-9H,15H2. The largest absolute Gasteiger partial charge is 0.462 e. The van der Waals surface area contributed by atoms with Gasteiger partial charge in [-0.25, -0.2) is 0 Å². The van der Waals surface area contributed by atoms with Crippen LogP contribution in [-0.4, -0.2) is 0 Å². The van der Waals surface area contributed by atoms with Crippen LogP contribution in [0.5, 0.6) is 0 Å². The first-order chi connectivity index (χ1) is 7.86. The van der Waals surface area contributed by atoms with E-state index in [9.17, 15) is 0 Å². The molecule has 2 aromatic carbocycles. The van der Waals surface area contributed by atoms with E-state index in [0.29, 0.717) is 5.69 Å². The van der Waals surface area contributed by atoms with Crippen LogP contribution in [0.4, 0.5) is 5.69 Å². The molecule has 0 aliphatic heterocycles. The molecule has 2 nitrogen and oxygen atoms in total. The molecule has 16 heavy (non-hydrogen) atoms. The van der Waals surface area contributed by atoms with Crippen molar-refractivity contribution in [3.63, 3.8) is 0 Å². The molecule has 0 aliphatic carbocycles. The van der Waals surface area contributed by atoms with Crippen molar-refractivity contribution in [1.82, 2.24) is 0 Å². The first-order valence-corrected chi connectivity index (χ1v) is 5.17. The van der Waals surface area contributed by atoms with Crippen molar-refractivity contribution in [3.8, 4) is 11.1 Å². The summed E-state index contributed by atoms with van der Waals surface area (Å²) in [6, 6.07) is 16.1. The van der Waals surface area contributed by atoms with Gasteiger partial charge in [-0.15, -0.1) is 0 Å². The average molecular weight is 209 g/mol. The summed E-state index contributed by atoms with van der Waals surface area (Å²) in [7, 11) is 0. The van der Waals surface area contributed by atoms with Crippen LogP contribution < -0.4 is 5.73 Å². The second-order valence-corrected chi connectivity index (χ2v) is 3.73. The zero-order valence-electron chi connectivity index (χ0n) is 8.68. The van der Waals surface area contributed by atoms with E-state index >= 15 is 0 Å². The normalized spacial score (nSPS) is 10.8. The zero-order chi connectivity index (χ0) is 11.0. The van der Waals surface area contributed by atoms with Gasteiger partial charge in [0.05, 0.1) is 12.0 Å². The molecule has 0 unspecified atom stereocenters. The third-order valence-corrected chi connectivity index (χ3v) is 2.74. The molecule has 0 amide bonds. The highest BCUT2D eigenvalue weighted by Crippen LogP contribution is 2.32. The first-order valence-electron chi connectivity index (χ1n) is 5.17. The smallest absolute Gasteiger partial charge is 0.157 e. The average Bonchev–Trinajstić information content (AvgIpc) is 2.80. The summed E-state index contributed by atoms with van der Waals surface area (Å²) in [4.78, 5) is 0. The van der Waals surface area contributed by atoms with Crippen molar-refractivity contribution in [1.29, 1.82) is 0 Å². The Hall–Kier alpha value is -2.22. The molecule has 0 atom stereocenters. The van der Waals surface area contributed by atoms with Gasteiger partial charge < -0.3 is 10.2 Å². The van der Waals surface area contributed by atoms with Gasteiger partial charge in [0.2, 0.25) is 0 Å². The number of nitrogens with two attached hydrogens (primary N) is 1. The lowest BCUT2D eigenvalue weighted by Gasteiger charge is -2.05. The lowest BCUT2D eigenvalue weighted by Crippen LogP contribution is -1.90. The molecule has 0 radical (unpaired) electrons. The van der Waals surface area contributed by atoms with E-state index in [4.69, 9.17) is 10.2 Å². The van der Waals surface area contributed by atoms with Gasteiger partial charge in [0, 0.05) is 10.9 Å². The van der Waals surface area contributed by atoms with E-state index in [-0.39, 0.29) is 0 Å². The summed E-state index contributed by atoms with van der Waals surface area (Å²) in [5, 5.41) is 1.04. The predicted octanol–water partition coefficient (Wildman–Crippen LogP) is 3.68. The van der Waals surface area contributed by atoms with Crippen LogP contribution in [0.3, 0.4) is 0 Å². The van der Waals surface area contributed by atoms with Crippen molar-refractivity contribution < 1.29 is 4.42 Å². The molecule has 2 N–H and O–H groups in total. The number of furan rings is 1. The van der Waals surface area contributed by atoms with Crippen LogP contribution in [0, 0.1) is 0 Å². The number of benzene rings is 2. The molecule has 2 heteroatoms. The first kappa shape index (κ1) is 9.04. The lowest BCUT2D eigenvalue weighted by atomic mass is 10.0. The van der Waals surface area contributed by atoms with Gasteiger partial charge in [0.25, 0.3) is 0 Å². The van der Waals surface area contributed by atoms with Crippen molar-refractivity contribution in [2.24, 2.45) is 0 Å². The van der Waals surface area contributed by atoms with Crippen LogP contribution in [0.2, 0.25) is 0 Å². The molecule has 0 saturated heterocycles. The Bertz CT molecular complexity index is 626. The molecule has 1 heterocycles. The van der Waals surface area contributed by atoms with Crippen molar-refractivity contribution in [2.45, 2.75) is 0 Å². The van der Waals surface area contributed by atoms with E-state index in [1.807, 2.05) is 48.5 Å². The maximum Gasteiger partial charge on any atom is 0.157 e. The van der Waals surface area contributed by atoms with Gasteiger partial charge in [0.1, 0.15) is 0 Å². The quantitative estimate of drug-likeness (QED) is 0.621. The topological polar surface area (TPSA) is 39.2 Å². The minimum atomic E-state index is 0.702. The number of anilines is 1. The molecule has 0 spiro atoms. The molecule has 3 aromatic rings. The van der Waals surface area contributed by atoms with Gasteiger partial charge in [-0.2, -0.15) is 0 Å². The van der Waals surface area contributed by atoms with Crippen molar-refractivity contribution in [2.75, 3.05) is 5.73 Å². The van der Waals surface area contributed by atoms with Gasteiger partial charge in [-0.1, -0.05) is 42.5 Å². The van der Waals surface area contributed by atoms with Crippen molar-refractivity contribution >= 4 is 16.7 Å². The van der Waals surface area contributed by atoms with Gasteiger partial charge in [0.15, 0.2) is 5.58 Å². The Morgan fingerprint density at radius 1 is 0.875 bits per heavy atom. The molecular formula is C14H11NO. The van der Waals surface area contributed by atoms with E-state index < -0.39 is 0 Å². The van der Waals surface area contributed by atoms with Crippen molar-refractivity contribution in [3.05, 3.63) is 54.8 Å². The fraction of sp³-hybridized carbons (Fsp3) is 0. The second kappa shape index (κ2) is 3.42. The van der Waals surface area contributed by atoms with E-state index in [0.717, 1.165) is 22.1 Å². The number of hydrogen-bond donors (Lipinski definition) is 1. The summed E-state index contributed by atoms with van der Waals surface area (Å²) in [5.41, 5.74) is 9.70. The van der Waals surface area contributed by atoms with Gasteiger partial charge in [-0.05, 0) is 11.6 Å². The maximum absolute atomic E-state index is 6.10. The lowest BCUT2D eigenvalue weighted by molar-refractivity contribution is 0.617. The fourth-order valence-electron chi connectivity index (χ4n) is 1.92. The van der Waals surface area contributed by atoms with Gasteiger partial charge in [-0.3, -0.25) is 0 Å². The minimum Gasteiger partial charge on any atom is -0.462 e. The van der Waals surface area contributed by atoms with Crippen LogP contribution in [0.15, 0.2) is 59.2 Å². The van der Waals surface area contributed by atoms with E-state index in [2.05, 4.69) is 0 Å². The molecule has 0 fully saturated rings. The maximum atomic E-state index is 6.10. The summed E-state index contributed by atoms with van der Waals surface area (Å²) in [5.74, 6) is 0. The highest BCUT2D eigenvalue weighted by molar-refractivity contribution is 5.96. The van der Waals surface area contributed by atoms with E-state index in [1.54, 1.807) is 6.26 Å². The SMILES string of the molecule is Nc1c(-c2ccccc2)ccc2ccoc12. The molecule has 1 aromatic heterocycles. The summed E-state index contributed by atoms with van der Waals surface area (Å²) < 4.78 is 5.39. The van der Waals surface area contributed by atoms with Crippen LogP contribution >= 0.6 is 0 Å². The summed E-state index contributed by atoms with van der Waals surface area (Å²) in [6.07, 6.45) is 1.66. The number of rotatable bonds is 1. The third kappa shape index (κ3) is 1.27. The highest BCUT2D eigenvalue weighted by atomic mass is 16.3. The predicted molar refractivity (Wildman–Crippen MR) is 66.1 cm³/mol. The number of fused-ring (bicyclic) bond motifs is 1. The second-order valence-electron chi connectivity index (χ2n) is 3.73. The highest BCUT2D eigenvalue weighted by Gasteiger charge is 2.08. The molecule has 0 saturated carbocycles. The molecule has 0 aliphatic rings. The van der Waals surface area contributed by atoms with Gasteiger partial charge >= 0.3 is 0 Å². The monoisotopic (exact) mass is 209 g/mol. The minimum absolute atomic E-state index is 0.702. The Kier molecular flexibility index (Phi) is 1.93. The third-order valence-electron chi connectivity index (χ3n) is 2.74. The number of hydrogen-bond acceptors (Lipinski definition) is 2. The van der Waals surface area contributed by atoms with E-state index in [1.165, 1.54) is 0 Å². The molecule has 0 bridgehead atoms. The Morgan fingerprint density at radius 3 is 2.50 bits per heavy atom. The Labute approximate surface area is 93.3 Å². The Morgan fingerprint density at radius 2 is 1.69 bits per heavy atom. The van der Waals surface area contributed by atoms with Crippen LogP contribution in [0.1, 0.15) is 0 Å². The molecule has 3 rings (SSSR count).